The van der Waals surface area contributed by atoms with E-state index < -0.39 is 0 Å². The summed E-state index contributed by atoms with van der Waals surface area (Å²) in [5, 5.41) is 7.68. The maximum atomic E-state index is 5.46. The predicted octanol–water partition coefficient (Wildman–Crippen LogP) is 1.20. The molecule has 0 aromatic carbocycles. The van der Waals surface area contributed by atoms with Crippen LogP contribution in [0.4, 0.5) is 5.69 Å². The highest BCUT2D eigenvalue weighted by Gasteiger charge is 2.13. The third-order valence-electron chi connectivity index (χ3n) is 2.16. The Labute approximate surface area is 89.5 Å². The van der Waals surface area contributed by atoms with E-state index in [1.807, 2.05) is 11.7 Å². The molecule has 3 N–H and O–H groups in total. The van der Waals surface area contributed by atoms with Gasteiger partial charge in [-0.3, -0.25) is 4.68 Å². The van der Waals surface area contributed by atoms with Crippen LogP contribution in [0.5, 0.6) is 0 Å². The number of aryl methyl sites for hydroxylation is 2. The number of nitrogens with zero attached hydrogens (tertiary/aromatic N) is 2. The monoisotopic (exact) mass is 212 g/mol. The van der Waals surface area contributed by atoms with Crippen LogP contribution in [0, 0.1) is 0 Å². The van der Waals surface area contributed by atoms with Crippen molar-refractivity contribution in [2.24, 2.45) is 12.8 Å². The van der Waals surface area contributed by atoms with E-state index in [9.17, 15) is 0 Å². The molecule has 0 aliphatic rings. The molecule has 0 radical (unpaired) electrons. The Kier molecular flexibility index (Phi) is 3.46. The Balaban J connectivity index is 3.13. The van der Waals surface area contributed by atoms with Crippen molar-refractivity contribution in [3.05, 3.63) is 11.4 Å². The van der Waals surface area contributed by atoms with Gasteiger partial charge in [0.15, 0.2) is 5.11 Å². The minimum Gasteiger partial charge on any atom is -0.376 e. The fourth-order valence-corrected chi connectivity index (χ4v) is 1.64. The predicted molar refractivity (Wildman–Crippen MR) is 62.4 cm³/mol. The summed E-state index contributed by atoms with van der Waals surface area (Å²) in [6.45, 7) is 4.15. The van der Waals surface area contributed by atoms with Crippen molar-refractivity contribution < 1.29 is 0 Å². The van der Waals surface area contributed by atoms with Gasteiger partial charge in [0.1, 0.15) is 0 Å². The van der Waals surface area contributed by atoms with Gasteiger partial charge in [-0.1, -0.05) is 13.8 Å². The quantitative estimate of drug-likeness (QED) is 0.739. The summed E-state index contributed by atoms with van der Waals surface area (Å²) in [6, 6.07) is 0. The molecule has 0 amide bonds. The van der Waals surface area contributed by atoms with E-state index >= 15 is 0 Å². The van der Waals surface area contributed by atoms with Gasteiger partial charge in [0.25, 0.3) is 0 Å². The molecule has 0 saturated heterocycles. The zero-order chi connectivity index (χ0) is 10.7. The molecule has 0 saturated carbocycles. The molecule has 0 fully saturated rings. The topological polar surface area (TPSA) is 55.9 Å². The Morgan fingerprint density at radius 3 is 2.57 bits per heavy atom. The number of rotatable bonds is 3. The molecule has 14 heavy (non-hydrogen) atoms. The van der Waals surface area contributed by atoms with Crippen molar-refractivity contribution >= 4 is 23.0 Å². The summed E-state index contributed by atoms with van der Waals surface area (Å²) in [5.41, 5.74) is 8.59. The first-order valence-corrected chi connectivity index (χ1v) is 5.12. The highest BCUT2D eigenvalue weighted by Crippen LogP contribution is 2.21. The molecule has 0 unspecified atom stereocenters. The molecule has 1 rings (SSSR count). The fraction of sp³-hybridized carbons (Fsp3) is 0.556. The normalized spacial score (nSPS) is 10.2. The third-order valence-corrected chi connectivity index (χ3v) is 2.26. The van der Waals surface area contributed by atoms with Crippen molar-refractivity contribution in [1.29, 1.82) is 0 Å². The van der Waals surface area contributed by atoms with Gasteiger partial charge in [0, 0.05) is 7.05 Å². The molecule has 1 aromatic rings. The molecular weight excluding hydrogens is 196 g/mol. The molecule has 0 aliphatic carbocycles. The van der Waals surface area contributed by atoms with Crippen molar-refractivity contribution in [2.75, 3.05) is 5.32 Å². The van der Waals surface area contributed by atoms with Crippen LogP contribution in [0.25, 0.3) is 0 Å². The third kappa shape index (κ3) is 2.04. The molecule has 78 valence electrons. The van der Waals surface area contributed by atoms with E-state index in [0.29, 0.717) is 5.11 Å². The average Bonchev–Trinajstić information content (AvgIpc) is 2.41. The summed E-state index contributed by atoms with van der Waals surface area (Å²) in [5.74, 6) is 0. The summed E-state index contributed by atoms with van der Waals surface area (Å²) in [6.07, 6.45) is 1.78. The van der Waals surface area contributed by atoms with E-state index in [2.05, 4.69) is 24.3 Å². The number of nitrogens with two attached hydrogens (primary N) is 1. The first-order chi connectivity index (χ1) is 6.60. The molecule has 5 heteroatoms. The van der Waals surface area contributed by atoms with E-state index in [0.717, 1.165) is 29.9 Å². The van der Waals surface area contributed by atoms with E-state index in [1.165, 1.54) is 0 Å². The average molecular weight is 212 g/mol. The maximum Gasteiger partial charge on any atom is 0.168 e. The number of thiocarbonyl (C=S) groups is 1. The van der Waals surface area contributed by atoms with Crippen molar-refractivity contribution in [2.45, 2.75) is 26.7 Å². The largest absolute Gasteiger partial charge is 0.376 e. The van der Waals surface area contributed by atoms with Gasteiger partial charge in [-0.05, 0) is 25.1 Å². The molecule has 0 atom stereocenters. The SMILES string of the molecule is CCc1nn(C)c(CC)c1NC(N)=S. The Morgan fingerprint density at radius 1 is 1.50 bits per heavy atom. The summed E-state index contributed by atoms with van der Waals surface area (Å²) in [4.78, 5) is 0. The number of aromatic nitrogens is 2. The van der Waals surface area contributed by atoms with Crippen LogP contribution in [-0.4, -0.2) is 14.9 Å². The molecule has 1 heterocycles. The van der Waals surface area contributed by atoms with Gasteiger partial charge in [0.2, 0.25) is 0 Å². The Hall–Kier alpha value is -1.10. The second-order valence-corrected chi connectivity index (χ2v) is 3.53. The van der Waals surface area contributed by atoms with Crippen LogP contribution in [-0.2, 0) is 19.9 Å². The van der Waals surface area contributed by atoms with E-state index in [1.54, 1.807) is 0 Å². The highest BCUT2D eigenvalue weighted by atomic mass is 32.1. The fourth-order valence-electron chi connectivity index (χ4n) is 1.54. The van der Waals surface area contributed by atoms with Crippen LogP contribution < -0.4 is 11.1 Å². The van der Waals surface area contributed by atoms with Crippen LogP contribution in [0.3, 0.4) is 0 Å². The molecule has 0 aliphatic heterocycles. The maximum absolute atomic E-state index is 5.46. The van der Waals surface area contributed by atoms with Gasteiger partial charge < -0.3 is 11.1 Å². The summed E-state index contributed by atoms with van der Waals surface area (Å²) in [7, 11) is 1.93. The zero-order valence-electron chi connectivity index (χ0n) is 8.79. The number of hydrogen-bond donors (Lipinski definition) is 2. The van der Waals surface area contributed by atoms with Crippen LogP contribution in [0.1, 0.15) is 25.2 Å². The summed E-state index contributed by atoms with van der Waals surface area (Å²) < 4.78 is 1.87. The van der Waals surface area contributed by atoms with Crippen molar-refractivity contribution in [3.8, 4) is 0 Å². The molecule has 0 bridgehead atoms. The van der Waals surface area contributed by atoms with Gasteiger partial charge in [-0.2, -0.15) is 5.10 Å². The molecular formula is C9H16N4S. The lowest BCUT2D eigenvalue weighted by Crippen LogP contribution is -2.20. The lowest BCUT2D eigenvalue weighted by molar-refractivity contribution is 0.705. The van der Waals surface area contributed by atoms with Gasteiger partial charge >= 0.3 is 0 Å². The second kappa shape index (κ2) is 4.41. The second-order valence-electron chi connectivity index (χ2n) is 3.09. The van der Waals surface area contributed by atoms with Crippen molar-refractivity contribution in [1.82, 2.24) is 9.78 Å². The number of nitrogens with one attached hydrogen (secondary N) is 1. The number of anilines is 1. The molecule has 1 aromatic heterocycles. The lowest BCUT2D eigenvalue weighted by Gasteiger charge is -2.05. The van der Waals surface area contributed by atoms with E-state index in [4.69, 9.17) is 18.0 Å². The van der Waals surface area contributed by atoms with Crippen LogP contribution in [0.15, 0.2) is 0 Å². The standard InChI is InChI=1S/C9H16N4S/c1-4-6-8(11-9(10)14)7(5-2)13(3)12-6/h4-5H2,1-3H3,(H3,10,11,14). The van der Waals surface area contributed by atoms with Crippen LogP contribution >= 0.6 is 12.2 Å². The lowest BCUT2D eigenvalue weighted by atomic mass is 10.2. The number of hydrogen-bond acceptors (Lipinski definition) is 2. The van der Waals surface area contributed by atoms with E-state index in [-0.39, 0.29) is 0 Å². The molecule has 4 nitrogen and oxygen atoms in total. The Morgan fingerprint density at radius 2 is 2.14 bits per heavy atom. The minimum absolute atomic E-state index is 0.294. The van der Waals surface area contributed by atoms with Gasteiger partial charge in [-0.15, -0.1) is 0 Å². The first-order valence-electron chi connectivity index (χ1n) is 4.71. The molecule has 0 spiro atoms. The minimum atomic E-state index is 0.294. The van der Waals surface area contributed by atoms with Crippen LogP contribution in [0.2, 0.25) is 0 Å². The first kappa shape index (κ1) is 11.0. The smallest absolute Gasteiger partial charge is 0.168 e. The Bertz CT molecular complexity index is 343. The van der Waals surface area contributed by atoms with Gasteiger partial charge in [-0.25, -0.2) is 0 Å². The zero-order valence-corrected chi connectivity index (χ0v) is 9.61. The van der Waals surface area contributed by atoms with Gasteiger partial charge in [0.05, 0.1) is 17.1 Å². The summed E-state index contributed by atoms with van der Waals surface area (Å²) >= 11 is 4.83. The highest BCUT2D eigenvalue weighted by molar-refractivity contribution is 7.80. The van der Waals surface area contributed by atoms with Crippen molar-refractivity contribution in [3.63, 3.8) is 0 Å².